The molecule has 0 unspecified atom stereocenters. The van der Waals surface area contributed by atoms with Crippen LogP contribution in [0.15, 0.2) is 29.2 Å². The van der Waals surface area contributed by atoms with E-state index in [-0.39, 0.29) is 16.5 Å². The molecule has 4 nitrogen and oxygen atoms in total. The highest BCUT2D eigenvalue weighted by Crippen LogP contribution is 2.29. The molecule has 2 N–H and O–H groups in total. The van der Waals surface area contributed by atoms with E-state index in [0.717, 1.165) is 0 Å². The van der Waals surface area contributed by atoms with Crippen molar-refractivity contribution in [2.24, 2.45) is 11.7 Å². The summed E-state index contributed by atoms with van der Waals surface area (Å²) in [6.45, 7) is 5.21. The molecule has 0 aliphatic heterocycles. The number of hydrogen-bond donors (Lipinski definition) is 1. The Labute approximate surface area is 118 Å². The zero-order valence-electron chi connectivity index (χ0n) is 11.6. The molecule has 0 amide bonds. The van der Waals surface area contributed by atoms with Gasteiger partial charge in [0.15, 0.2) is 0 Å². The zero-order chi connectivity index (χ0) is 15.3. The third kappa shape index (κ3) is 3.89. The molecule has 0 aromatic heterocycles. The van der Waals surface area contributed by atoms with Crippen LogP contribution in [0, 0.1) is 5.92 Å². The molecular weight excluding hydrogens is 286 g/mol. The predicted molar refractivity (Wildman–Crippen MR) is 75.7 cm³/mol. The third-order valence-corrected chi connectivity index (χ3v) is 4.16. The molecule has 0 atom stereocenters. The summed E-state index contributed by atoms with van der Waals surface area (Å²) in [6, 6.07) is 5.81. The van der Waals surface area contributed by atoms with E-state index in [4.69, 9.17) is 5.73 Å². The number of sulfone groups is 1. The van der Waals surface area contributed by atoms with Gasteiger partial charge in [-0.05, 0) is 18.1 Å². The van der Waals surface area contributed by atoms with E-state index < -0.39 is 15.6 Å². The van der Waals surface area contributed by atoms with Gasteiger partial charge in [-0.25, -0.2) is 8.42 Å². The molecule has 0 aliphatic carbocycles. The number of benzene rings is 1. The van der Waals surface area contributed by atoms with Crippen LogP contribution in [0.25, 0.3) is 0 Å². The lowest BCUT2D eigenvalue weighted by atomic mass is 10.2. The van der Waals surface area contributed by atoms with Gasteiger partial charge in [0.05, 0.1) is 10.6 Å². The highest BCUT2D eigenvalue weighted by atomic mass is 32.2. The number of anilines is 1. The van der Waals surface area contributed by atoms with Crippen molar-refractivity contribution in [3.63, 3.8) is 0 Å². The van der Waals surface area contributed by atoms with Crippen LogP contribution in [0.5, 0.6) is 0 Å². The summed E-state index contributed by atoms with van der Waals surface area (Å²) in [7, 11) is -4.62. The molecule has 0 fully saturated rings. The molecular formula is C13H20F2N2O2S. The third-order valence-electron chi connectivity index (χ3n) is 2.73. The van der Waals surface area contributed by atoms with Crippen LogP contribution in [-0.2, 0) is 9.84 Å². The Kier molecular flexibility index (Phi) is 5.88. The van der Waals surface area contributed by atoms with Crippen molar-refractivity contribution in [1.29, 1.82) is 0 Å². The number of alkyl halides is 2. The predicted octanol–water partition coefficient (Wildman–Crippen LogP) is 2.10. The van der Waals surface area contributed by atoms with Crippen molar-refractivity contribution in [2.75, 3.05) is 24.5 Å². The quantitative estimate of drug-likeness (QED) is 0.838. The lowest BCUT2D eigenvalue weighted by molar-refractivity contribution is 0.235. The lowest BCUT2D eigenvalue weighted by Gasteiger charge is -2.28. The van der Waals surface area contributed by atoms with Gasteiger partial charge in [0.2, 0.25) is 9.84 Å². The van der Waals surface area contributed by atoms with Crippen LogP contribution in [0.3, 0.4) is 0 Å². The van der Waals surface area contributed by atoms with E-state index in [0.29, 0.717) is 19.6 Å². The van der Waals surface area contributed by atoms with Gasteiger partial charge in [-0.15, -0.1) is 0 Å². The van der Waals surface area contributed by atoms with E-state index in [1.807, 2.05) is 13.8 Å². The highest BCUT2D eigenvalue weighted by Gasteiger charge is 2.30. The Morgan fingerprint density at radius 1 is 1.25 bits per heavy atom. The van der Waals surface area contributed by atoms with Crippen LogP contribution >= 0.6 is 0 Å². The van der Waals surface area contributed by atoms with Gasteiger partial charge in [0.25, 0.3) is 0 Å². The van der Waals surface area contributed by atoms with Gasteiger partial charge < -0.3 is 10.6 Å². The van der Waals surface area contributed by atoms with Crippen molar-refractivity contribution >= 4 is 15.5 Å². The second kappa shape index (κ2) is 6.99. The van der Waals surface area contributed by atoms with E-state index in [1.165, 1.54) is 18.2 Å². The van der Waals surface area contributed by atoms with Gasteiger partial charge in [0, 0.05) is 19.6 Å². The first kappa shape index (κ1) is 16.8. The van der Waals surface area contributed by atoms with Crippen molar-refractivity contribution in [3.05, 3.63) is 24.3 Å². The van der Waals surface area contributed by atoms with E-state index in [9.17, 15) is 17.2 Å². The number of nitrogens with zero attached hydrogens (tertiary/aromatic N) is 1. The SMILES string of the molecule is CC(C)CN(CCN)c1ccccc1S(=O)(=O)C(F)F. The Morgan fingerprint density at radius 2 is 1.85 bits per heavy atom. The van der Waals surface area contributed by atoms with Crippen molar-refractivity contribution < 1.29 is 17.2 Å². The molecule has 7 heteroatoms. The summed E-state index contributed by atoms with van der Waals surface area (Å²) in [5, 5.41) is 0. The summed E-state index contributed by atoms with van der Waals surface area (Å²) in [6.07, 6.45) is 0. The molecule has 1 aromatic rings. The minimum atomic E-state index is -4.62. The van der Waals surface area contributed by atoms with E-state index in [2.05, 4.69) is 0 Å². The minimum absolute atomic E-state index is 0.254. The van der Waals surface area contributed by atoms with Gasteiger partial charge in [0.1, 0.15) is 0 Å². The molecule has 1 rings (SSSR count). The average molecular weight is 306 g/mol. The van der Waals surface area contributed by atoms with Crippen molar-refractivity contribution in [1.82, 2.24) is 0 Å². The number of hydrogen-bond acceptors (Lipinski definition) is 4. The molecule has 0 radical (unpaired) electrons. The molecule has 0 heterocycles. The highest BCUT2D eigenvalue weighted by molar-refractivity contribution is 7.91. The Bertz CT molecular complexity index is 533. The Morgan fingerprint density at radius 3 is 2.35 bits per heavy atom. The molecule has 0 spiro atoms. The first-order chi connectivity index (χ1) is 9.30. The van der Waals surface area contributed by atoms with Crippen LogP contribution in [0.2, 0.25) is 0 Å². The average Bonchev–Trinajstić information content (AvgIpc) is 2.37. The second-order valence-electron chi connectivity index (χ2n) is 4.90. The number of nitrogens with two attached hydrogens (primary N) is 1. The van der Waals surface area contributed by atoms with E-state index in [1.54, 1.807) is 11.0 Å². The first-order valence-electron chi connectivity index (χ1n) is 6.36. The summed E-state index contributed by atoms with van der Waals surface area (Å²) < 4.78 is 49.0. The zero-order valence-corrected chi connectivity index (χ0v) is 12.4. The fraction of sp³-hybridized carbons (Fsp3) is 0.538. The van der Waals surface area contributed by atoms with Crippen molar-refractivity contribution in [3.8, 4) is 0 Å². The standard InChI is InChI=1S/C13H20F2N2O2S/c1-10(2)9-17(8-7-16)11-5-3-4-6-12(11)20(18,19)13(14)15/h3-6,10,13H,7-9,16H2,1-2H3. The maximum atomic E-state index is 12.8. The molecule has 0 aliphatic rings. The molecule has 0 saturated heterocycles. The van der Waals surface area contributed by atoms with Crippen LogP contribution in [0.4, 0.5) is 14.5 Å². The normalized spacial score (nSPS) is 12.2. The monoisotopic (exact) mass is 306 g/mol. The summed E-state index contributed by atoms with van der Waals surface area (Å²) >= 11 is 0. The fourth-order valence-electron chi connectivity index (χ4n) is 1.96. The van der Waals surface area contributed by atoms with Gasteiger partial charge >= 0.3 is 5.76 Å². The van der Waals surface area contributed by atoms with E-state index >= 15 is 0 Å². The largest absolute Gasteiger partial charge is 0.369 e. The first-order valence-corrected chi connectivity index (χ1v) is 7.91. The smallest absolute Gasteiger partial charge is 0.341 e. The number of halogens is 2. The van der Waals surface area contributed by atoms with Crippen LogP contribution in [-0.4, -0.2) is 33.8 Å². The summed E-state index contributed by atoms with van der Waals surface area (Å²) in [5.41, 5.74) is 5.81. The van der Waals surface area contributed by atoms with Gasteiger partial charge in [-0.3, -0.25) is 0 Å². The maximum absolute atomic E-state index is 12.8. The van der Waals surface area contributed by atoms with Gasteiger partial charge in [-0.2, -0.15) is 8.78 Å². The summed E-state index contributed by atoms with van der Waals surface area (Å²) in [4.78, 5) is 1.39. The molecule has 0 saturated carbocycles. The number of rotatable bonds is 7. The molecule has 0 bridgehead atoms. The second-order valence-corrected chi connectivity index (χ2v) is 6.79. The van der Waals surface area contributed by atoms with Gasteiger partial charge in [-0.1, -0.05) is 26.0 Å². The molecule has 114 valence electrons. The topological polar surface area (TPSA) is 63.4 Å². The Balaban J connectivity index is 3.29. The van der Waals surface area contributed by atoms with Crippen molar-refractivity contribution in [2.45, 2.75) is 24.5 Å². The van der Waals surface area contributed by atoms with Crippen LogP contribution < -0.4 is 10.6 Å². The molecule has 20 heavy (non-hydrogen) atoms. The number of para-hydroxylation sites is 1. The Hall–Kier alpha value is -1.21. The lowest BCUT2D eigenvalue weighted by Crippen LogP contribution is -2.34. The maximum Gasteiger partial charge on any atom is 0.341 e. The fourth-order valence-corrected chi connectivity index (χ4v) is 2.91. The van der Waals surface area contributed by atoms with Crippen LogP contribution in [0.1, 0.15) is 13.8 Å². The molecule has 1 aromatic carbocycles. The summed E-state index contributed by atoms with van der Waals surface area (Å²) in [5.74, 6) is -3.17. The minimum Gasteiger partial charge on any atom is -0.369 e.